The van der Waals surface area contributed by atoms with Crippen LogP contribution in [0.3, 0.4) is 0 Å². The maximum absolute atomic E-state index is 11.0. The Morgan fingerprint density at radius 1 is 1.40 bits per heavy atom. The van der Waals surface area contributed by atoms with Gasteiger partial charge in [0.15, 0.2) is 0 Å². The molecule has 0 amide bonds. The van der Waals surface area contributed by atoms with Crippen molar-refractivity contribution in [3.05, 3.63) is 0 Å². The maximum Gasteiger partial charge on any atom is 0.146 e. The van der Waals surface area contributed by atoms with Crippen LogP contribution in [0.2, 0.25) is 0 Å². The molecule has 0 aromatic carbocycles. The van der Waals surface area contributed by atoms with E-state index in [9.17, 15) is 4.79 Å². The van der Waals surface area contributed by atoms with E-state index in [0.717, 1.165) is 19.4 Å². The maximum atomic E-state index is 11.0. The topological polar surface area (TPSA) is 20.3 Å². The zero-order chi connectivity index (χ0) is 7.98. The van der Waals surface area contributed by atoms with E-state index in [1.807, 2.05) is 18.9 Å². The fraction of sp³-hybridized carbons (Fsp3) is 0.875. The molecular formula is C8H17NO. The summed E-state index contributed by atoms with van der Waals surface area (Å²) in [4.78, 5) is 13.0. The molecule has 0 aliphatic heterocycles. The highest BCUT2D eigenvalue weighted by molar-refractivity contribution is 5.80. The van der Waals surface area contributed by atoms with Gasteiger partial charge < -0.3 is 0 Å². The van der Waals surface area contributed by atoms with E-state index in [-0.39, 0.29) is 0 Å². The summed E-state index contributed by atoms with van der Waals surface area (Å²) >= 11 is 0. The van der Waals surface area contributed by atoms with Crippen molar-refractivity contribution in [3.63, 3.8) is 0 Å². The first-order valence-electron chi connectivity index (χ1n) is 3.91. The molecule has 0 aromatic rings. The van der Waals surface area contributed by atoms with Gasteiger partial charge in [0.1, 0.15) is 5.78 Å². The quantitative estimate of drug-likeness (QED) is 0.578. The zero-order valence-electron chi connectivity index (χ0n) is 7.18. The number of hydrogen-bond acceptors (Lipinski definition) is 2. The normalized spacial score (nSPS) is 10.4. The van der Waals surface area contributed by atoms with Crippen molar-refractivity contribution in [2.24, 2.45) is 0 Å². The van der Waals surface area contributed by atoms with Crippen molar-refractivity contribution in [3.8, 4) is 0 Å². The Balaban J connectivity index is 3.37. The Labute approximate surface area is 63.2 Å². The van der Waals surface area contributed by atoms with Gasteiger partial charge in [0.25, 0.3) is 0 Å². The van der Waals surface area contributed by atoms with Gasteiger partial charge in [0, 0.05) is 6.42 Å². The smallest absolute Gasteiger partial charge is 0.146 e. The number of rotatable bonds is 5. The second kappa shape index (κ2) is 5.42. The molecule has 0 radical (unpaired) electrons. The van der Waals surface area contributed by atoms with E-state index < -0.39 is 0 Å². The lowest BCUT2D eigenvalue weighted by molar-refractivity contribution is -0.119. The molecule has 0 aliphatic carbocycles. The first-order valence-corrected chi connectivity index (χ1v) is 3.91. The number of carbonyl (C=O) groups excluding carboxylic acids is 1. The second-order valence-electron chi connectivity index (χ2n) is 2.62. The molecule has 10 heavy (non-hydrogen) atoms. The molecule has 0 heterocycles. The largest absolute Gasteiger partial charge is 0.299 e. The molecule has 0 aliphatic rings. The minimum absolute atomic E-state index is 0.354. The molecule has 0 unspecified atom stereocenters. The van der Waals surface area contributed by atoms with Crippen LogP contribution in [-0.2, 0) is 4.79 Å². The van der Waals surface area contributed by atoms with Gasteiger partial charge in [-0.15, -0.1) is 0 Å². The standard InChI is InChI=1S/C8H17NO/c1-4-6-8(10)7-9(3)5-2/h4-7H2,1-3H3. The van der Waals surface area contributed by atoms with Crippen molar-refractivity contribution in [2.75, 3.05) is 20.1 Å². The van der Waals surface area contributed by atoms with E-state index in [1.54, 1.807) is 0 Å². The highest BCUT2D eigenvalue weighted by Gasteiger charge is 2.01. The van der Waals surface area contributed by atoms with Crippen LogP contribution in [0.15, 0.2) is 0 Å². The molecule has 0 saturated carbocycles. The molecule has 2 nitrogen and oxygen atoms in total. The molecule has 0 N–H and O–H groups in total. The van der Waals surface area contributed by atoms with E-state index >= 15 is 0 Å². The number of carbonyl (C=O) groups is 1. The van der Waals surface area contributed by atoms with Crippen LogP contribution >= 0.6 is 0 Å². The fourth-order valence-corrected chi connectivity index (χ4v) is 0.771. The minimum Gasteiger partial charge on any atom is -0.299 e. The lowest BCUT2D eigenvalue weighted by Crippen LogP contribution is -2.25. The van der Waals surface area contributed by atoms with Crippen LogP contribution in [0.4, 0.5) is 0 Å². The predicted molar refractivity (Wildman–Crippen MR) is 43.1 cm³/mol. The van der Waals surface area contributed by atoms with Crippen molar-refractivity contribution < 1.29 is 4.79 Å². The van der Waals surface area contributed by atoms with Crippen LogP contribution in [0, 0.1) is 0 Å². The van der Waals surface area contributed by atoms with Gasteiger partial charge in [-0.3, -0.25) is 9.69 Å². The number of hydrogen-bond donors (Lipinski definition) is 0. The molecule has 0 fully saturated rings. The third-order valence-electron chi connectivity index (χ3n) is 1.51. The van der Waals surface area contributed by atoms with E-state index in [0.29, 0.717) is 12.3 Å². The van der Waals surface area contributed by atoms with Crippen LogP contribution in [0.5, 0.6) is 0 Å². The van der Waals surface area contributed by atoms with Gasteiger partial charge in [-0.25, -0.2) is 0 Å². The Bertz CT molecular complexity index is 101. The van der Waals surface area contributed by atoms with E-state index in [1.165, 1.54) is 0 Å². The van der Waals surface area contributed by atoms with Crippen molar-refractivity contribution in [2.45, 2.75) is 26.7 Å². The van der Waals surface area contributed by atoms with Crippen LogP contribution in [0.25, 0.3) is 0 Å². The SMILES string of the molecule is CCCC(=O)CN(C)CC. The number of nitrogens with zero attached hydrogens (tertiary/aromatic N) is 1. The van der Waals surface area contributed by atoms with Gasteiger partial charge in [-0.1, -0.05) is 13.8 Å². The van der Waals surface area contributed by atoms with Crippen molar-refractivity contribution >= 4 is 5.78 Å². The molecule has 0 atom stereocenters. The first kappa shape index (κ1) is 9.63. The average molecular weight is 143 g/mol. The fourth-order valence-electron chi connectivity index (χ4n) is 0.771. The van der Waals surface area contributed by atoms with Crippen LogP contribution in [-0.4, -0.2) is 30.8 Å². The average Bonchev–Trinajstić information content (AvgIpc) is 1.88. The van der Waals surface area contributed by atoms with Gasteiger partial charge in [-0.2, -0.15) is 0 Å². The summed E-state index contributed by atoms with van der Waals surface area (Å²) in [6.07, 6.45) is 1.70. The second-order valence-corrected chi connectivity index (χ2v) is 2.62. The number of ketones is 1. The molecule has 60 valence electrons. The van der Waals surface area contributed by atoms with Gasteiger partial charge in [-0.05, 0) is 20.0 Å². The molecular weight excluding hydrogens is 126 g/mol. The third-order valence-corrected chi connectivity index (χ3v) is 1.51. The Morgan fingerprint density at radius 2 is 2.00 bits per heavy atom. The van der Waals surface area contributed by atoms with E-state index in [2.05, 4.69) is 6.92 Å². The van der Waals surface area contributed by atoms with Crippen molar-refractivity contribution in [1.82, 2.24) is 4.90 Å². The summed E-state index contributed by atoms with van der Waals surface area (Å²) in [6, 6.07) is 0. The Kier molecular flexibility index (Phi) is 5.22. The predicted octanol–water partition coefficient (Wildman–Crippen LogP) is 1.31. The highest BCUT2D eigenvalue weighted by Crippen LogP contribution is 1.91. The zero-order valence-corrected chi connectivity index (χ0v) is 7.18. The monoisotopic (exact) mass is 143 g/mol. The van der Waals surface area contributed by atoms with Gasteiger partial charge >= 0.3 is 0 Å². The molecule has 0 rings (SSSR count). The minimum atomic E-state index is 0.354. The first-order chi connectivity index (χ1) is 4.70. The van der Waals surface area contributed by atoms with E-state index in [4.69, 9.17) is 0 Å². The van der Waals surface area contributed by atoms with Gasteiger partial charge in [0.2, 0.25) is 0 Å². The van der Waals surface area contributed by atoms with Gasteiger partial charge in [0.05, 0.1) is 6.54 Å². The summed E-state index contributed by atoms with van der Waals surface area (Å²) in [5.41, 5.74) is 0. The highest BCUT2D eigenvalue weighted by atomic mass is 16.1. The lowest BCUT2D eigenvalue weighted by atomic mass is 10.2. The van der Waals surface area contributed by atoms with Crippen LogP contribution in [0.1, 0.15) is 26.7 Å². The number of likely N-dealkylation sites (N-methyl/N-ethyl adjacent to an activating group) is 1. The lowest BCUT2D eigenvalue weighted by Gasteiger charge is -2.11. The summed E-state index contributed by atoms with van der Waals surface area (Å²) < 4.78 is 0. The Morgan fingerprint density at radius 3 is 2.40 bits per heavy atom. The summed E-state index contributed by atoms with van der Waals surface area (Å²) in [7, 11) is 1.97. The summed E-state index contributed by atoms with van der Waals surface area (Å²) in [6.45, 7) is 5.66. The number of Topliss-reactive ketones (excluding diaryl/α,β-unsaturated/α-hetero) is 1. The summed E-state index contributed by atoms with van der Waals surface area (Å²) in [5, 5.41) is 0. The molecule has 0 spiro atoms. The molecule has 0 aromatic heterocycles. The summed E-state index contributed by atoms with van der Waals surface area (Å²) in [5.74, 6) is 0.354. The third kappa shape index (κ3) is 4.50. The molecule has 2 heteroatoms. The van der Waals surface area contributed by atoms with Crippen molar-refractivity contribution in [1.29, 1.82) is 0 Å². The molecule has 0 saturated heterocycles. The van der Waals surface area contributed by atoms with Crippen LogP contribution < -0.4 is 0 Å². The molecule has 0 bridgehead atoms. The Hall–Kier alpha value is -0.370.